The summed E-state index contributed by atoms with van der Waals surface area (Å²) in [6.07, 6.45) is -0.637. The molecule has 0 fully saturated rings. The number of halogens is 1. The molecule has 4 N–H and O–H groups in total. The molecule has 0 spiro atoms. The topological polar surface area (TPSA) is 93.8 Å². The Labute approximate surface area is 122 Å². The molecule has 0 bridgehead atoms. The first-order valence-corrected chi connectivity index (χ1v) is 6.59. The number of hydrogen-bond acceptors (Lipinski definition) is 5. The fourth-order valence-electron chi connectivity index (χ4n) is 1.37. The highest BCUT2D eigenvalue weighted by atomic mass is 35.5. The van der Waals surface area contributed by atoms with Gasteiger partial charge in [0.05, 0.1) is 6.61 Å². The zero-order valence-electron chi connectivity index (χ0n) is 11.0. The molecular weight excluding hydrogens is 284 g/mol. The lowest BCUT2D eigenvalue weighted by Gasteiger charge is -2.13. The van der Waals surface area contributed by atoms with Gasteiger partial charge in [0, 0.05) is 18.1 Å². The lowest BCUT2D eigenvalue weighted by molar-refractivity contribution is -0.122. The van der Waals surface area contributed by atoms with Crippen molar-refractivity contribution in [2.75, 3.05) is 32.9 Å². The molecule has 1 unspecified atom stereocenters. The summed E-state index contributed by atoms with van der Waals surface area (Å²) in [6.45, 7) is 1.33. The molecule has 0 radical (unpaired) electrons. The third-order valence-corrected chi connectivity index (χ3v) is 2.56. The number of aliphatic hydroxyl groups is 1. The summed E-state index contributed by atoms with van der Waals surface area (Å²) in [5, 5.41) is 13.3. The molecule has 1 aromatic carbocycles. The van der Waals surface area contributed by atoms with Gasteiger partial charge in [0.15, 0.2) is 0 Å². The van der Waals surface area contributed by atoms with Gasteiger partial charge in [-0.3, -0.25) is 4.79 Å². The Morgan fingerprint density at radius 1 is 1.40 bits per heavy atom. The molecule has 20 heavy (non-hydrogen) atoms. The molecule has 0 heterocycles. The third kappa shape index (κ3) is 7.96. The number of carbonyl (C=O) groups is 1. The predicted molar refractivity (Wildman–Crippen MR) is 75.8 cm³/mol. The highest BCUT2D eigenvalue weighted by Gasteiger charge is 2.04. The van der Waals surface area contributed by atoms with E-state index in [2.05, 4.69) is 5.32 Å². The van der Waals surface area contributed by atoms with E-state index < -0.39 is 12.0 Å². The molecule has 1 atom stereocenters. The maximum Gasteiger partial charge on any atom is 0.243 e. The second-order valence-corrected chi connectivity index (χ2v) is 4.58. The van der Waals surface area contributed by atoms with Gasteiger partial charge in [-0.1, -0.05) is 11.6 Å². The van der Waals surface area contributed by atoms with Crippen LogP contribution in [0.2, 0.25) is 5.02 Å². The first kappa shape index (κ1) is 16.7. The Bertz CT molecular complexity index is 400. The summed E-state index contributed by atoms with van der Waals surface area (Å²) in [5.74, 6) is 0.152. The summed E-state index contributed by atoms with van der Waals surface area (Å²) in [5.41, 5.74) is 4.91. The summed E-state index contributed by atoms with van der Waals surface area (Å²) >= 11 is 5.75. The van der Waals surface area contributed by atoms with Crippen molar-refractivity contribution in [2.24, 2.45) is 5.73 Å². The number of primary amides is 1. The number of hydrogen-bond donors (Lipinski definition) is 3. The van der Waals surface area contributed by atoms with Crippen LogP contribution in [0.4, 0.5) is 0 Å². The summed E-state index contributed by atoms with van der Waals surface area (Å²) in [4.78, 5) is 10.4. The minimum absolute atomic E-state index is 0.0933. The highest BCUT2D eigenvalue weighted by molar-refractivity contribution is 6.30. The van der Waals surface area contributed by atoms with E-state index in [0.717, 1.165) is 0 Å². The second kappa shape index (κ2) is 9.55. The second-order valence-electron chi connectivity index (χ2n) is 4.14. The molecule has 1 rings (SSSR count). The van der Waals surface area contributed by atoms with Crippen molar-refractivity contribution < 1.29 is 19.4 Å². The van der Waals surface area contributed by atoms with Crippen LogP contribution in [0.25, 0.3) is 0 Å². The van der Waals surface area contributed by atoms with Crippen LogP contribution in [0.3, 0.4) is 0 Å². The summed E-state index contributed by atoms with van der Waals surface area (Å²) in [7, 11) is 0. The van der Waals surface area contributed by atoms with E-state index in [1.54, 1.807) is 24.3 Å². The number of aliphatic hydroxyl groups excluding tert-OH is 1. The van der Waals surface area contributed by atoms with E-state index >= 15 is 0 Å². The van der Waals surface area contributed by atoms with Gasteiger partial charge in [0.25, 0.3) is 0 Å². The Morgan fingerprint density at radius 3 is 2.75 bits per heavy atom. The summed E-state index contributed by atoms with van der Waals surface area (Å²) in [6, 6.07) is 6.91. The minimum atomic E-state index is -0.637. The molecule has 0 aromatic heterocycles. The van der Waals surface area contributed by atoms with Crippen LogP contribution in [0.1, 0.15) is 0 Å². The van der Waals surface area contributed by atoms with Crippen molar-refractivity contribution in [3.8, 4) is 5.75 Å². The van der Waals surface area contributed by atoms with E-state index in [9.17, 15) is 9.90 Å². The van der Waals surface area contributed by atoms with E-state index in [-0.39, 0.29) is 13.2 Å². The van der Waals surface area contributed by atoms with Gasteiger partial charge in [-0.05, 0) is 24.3 Å². The van der Waals surface area contributed by atoms with Crippen molar-refractivity contribution in [3.05, 3.63) is 29.3 Å². The van der Waals surface area contributed by atoms with E-state index in [4.69, 9.17) is 26.8 Å². The van der Waals surface area contributed by atoms with Gasteiger partial charge in [-0.15, -0.1) is 0 Å². The maximum atomic E-state index is 10.4. The first-order valence-electron chi connectivity index (χ1n) is 6.21. The highest BCUT2D eigenvalue weighted by Crippen LogP contribution is 2.15. The number of nitrogens with two attached hydrogens (primary N) is 1. The van der Waals surface area contributed by atoms with Crippen LogP contribution in [-0.2, 0) is 9.53 Å². The lowest BCUT2D eigenvalue weighted by atomic mass is 10.3. The standard InChI is InChI=1S/C13H19ClN2O4/c14-10-1-3-12(4-2-10)20-8-11(17)7-16-5-6-19-9-13(15)18/h1-4,11,16-17H,5-9H2,(H2,15,18). The Morgan fingerprint density at radius 2 is 2.10 bits per heavy atom. The third-order valence-electron chi connectivity index (χ3n) is 2.30. The van der Waals surface area contributed by atoms with Crippen LogP contribution < -0.4 is 15.8 Å². The molecule has 1 amide bonds. The SMILES string of the molecule is NC(=O)COCCNCC(O)COc1ccc(Cl)cc1. The van der Waals surface area contributed by atoms with Crippen LogP contribution in [0.5, 0.6) is 5.75 Å². The monoisotopic (exact) mass is 302 g/mol. The smallest absolute Gasteiger partial charge is 0.243 e. The number of rotatable bonds is 10. The Kier molecular flexibility index (Phi) is 7.98. The van der Waals surface area contributed by atoms with Crippen LogP contribution in [-0.4, -0.2) is 50.0 Å². The maximum absolute atomic E-state index is 10.4. The lowest BCUT2D eigenvalue weighted by Crippen LogP contribution is -2.33. The zero-order chi connectivity index (χ0) is 14.8. The molecule has 0 aliphatic rings. The molecule has 6 nitrogen and oxygen atoms in total. The van der Waals surface area contributed by atoms with Crippen molar-refractivity contribution in [1.29, 1.82) is 0 Å². The van der Waals surface area contributed by atoms with Gasteiger partial charge >= 0.3 is 0 Å². The van der Waals surface area contributed by atoms with E-state index in [0.29, 0.717) is 30.5 Å². The largest absolute Gasteiger partial charge is 0.491 e. The van der Waals surface area contributed by atoms with Gasteiger partial charge < -0.3 is 25.6 Å². The van der Waals surface area contributed by atoms with Gasteiger partial charge in [-0.2, -0.15) is 0 Å². The Balaban J connectivity index is 2.04. The molecule has 0 saturated heterocycles. The number of nitrogens with one attached hydrogen (secondary N) is 1. The van der Waals surface area contributed by atoms with E-state index in [1.165, 1.54) is 0 Å². The molecule has 7 heteroatoms. The Hall–Kier alpha value is -1.34. The average Bonchev–Trinajstić information content (AvgIpc) is 2.41. The minimum Gasteiger partial charge on any atom is -0.491 e. The molecule has 112 valence electrons. The number of amides is 1. The van der Waals surface area contributed by atoms with Gasteiger partial charge in [0.2, 0.25) is 5.91 Å². The van der Waals surface area contributed by atoms with Crippen molar-refractivity contribution >= 4 is 17.5 Å². The van der Waals surface area contributed by atoms with Crippen LogP contribution in [0, 0.1) is 0 Å². The van der Waals surface area contributed by atoms with Crippen molar-refractivity contribution in [1.82, 2.24) is 5.32 Å². The predicted octanol–water partition coefficient (Wildman–Crippen LogP) is 0.171. The average molecular weight is 303 g/mol. The van der Waals surface area contributed by atoms with Crippen LogP contribution >= 0.6 is 11.6 Å². The summed E-state index contributed by atoms with van der Waals surface area (Å²) < 4.78 is 10.3. The fraction of sp³-hybridized carbons (Fsp3) is 0.462. The van der Waals surface area contributed by atoms with Crippen molar-refractivity contribution in [3.63, 3.8) is 0 Å². The number of benzene rings is 1. The number of carbonyl (C=O) groups excluding carboxylic acids is 1. The fourth-order valence-corrected chi connectivity index (χ4v) is 1.49. The molecule has 0 saturated carbocycles. The van der Waals surface area contributed by atoms with Gasteiger partial charge in [0.1, 0.15) is 25.1 Å². The normalized spacial score (nSPS) is 12.1. The molecule has 0 aliphatic carbocycles. The number of ether oxygens (including phenoxy) is 2. The van der Waals surface area contributed by atoms with Gasteiger partial charge in [-0.25, -0.2) is 0 Å². The zero-order valence-corrected chi connectivity index (χ0v) is 11.8. The van der Waals surface area contributed by atoms with Crippen molar-refractivity contribution in [2.45, 2.75) is 6.10 Å². The van der Waals surface area contributed by atoms with E-state index in [1.807, 2.05) is 0 Å². The molecule has 0 aliphatic heterocycles. The van der Waals surface area contributed by atoms with Crippen LogP contribution in [0.15, 0.2) is 24.3 Å². The quantitative estimate of drug-likeness (QED) is 0.536. The first-order chi connectivity index (χ1) is 9.58. The molecular formula is C13H19ClN2O4. The molecule has 1 aromatic rings.